The molecule has 27 heavy (non-hydrogen) atoms. The van der Waals surface area contributed by atoms with Gasteiger partial charge in [0, 0.05) is 18.7 Å². The van der Waals surface area contributed by atoms with Crippen molar-refractivity contribution in [1.82, 2.24) is 19.7 Å². The van der Waals surface area contributed by atoms with Crippen LogP contribution < -0.4 is 0 Å². The summed E-state index contributed by atoms with van der Waals surface area (Å²) in [5.41, 5.74) is -2.33. The fraction of sp³-hybridized carbons (Fsp3) is 0.500. The fourth-order valence-corrected chi connectivity index (χ4v) is 3.16. The molecule has 148 valence electrons. The zero-order chi connectivity index (χ0) is 20.4. The predicted molar refractivity (Wildman–Crippen MR) is 78.9 cm³/mol. The molecular weight excluding hydrogens is 456 g/mol. The van der Waals surface area contributed by atoms with Gasteiger partial charge in [-0.05, 0) is 34.8 Å². The summed E-state index contributed by atoms with van der Waals surface area (Å²) in [4.78, 5) is 6.56. The minimum atomic E-state index is -5.95. The van der Waals surface area contributed by atoms with Crippen LogP contribution in [0.1, 0.15) is 36.0 Å². The Morgan fingerprint density at radius 3 is 2.07 bits per heavy atom. The van der Waals surface area contributed by atoms with Gasteiger partial charge in [0.1, 0.15) is 5.69 Å². The molecule has 0 spiro atoms. The molecule has 0 N–H and O–H groups in total. The van der Waals surface area contributed by atoms with Crippen LogP contribution in [0.2, 0.25) is 0 Å². The summed E-state index contributed by atoms with van der Waals surface area (Å²) in [6.07, 6.45) is -9.77. The van der Waals surface area contributed by atoms with Gasteiger partial charge in [-0.25, -0.2) is 9.97 Å². The van der Waals surface area contributed by atoms with Gasteiger partial charge in [-0.3, -0.25) is 4.68 Å². The molecule has 1 aliphatic carbocycles. The van der Waals surface area contributed by atoms with Crippen molar-refractivity contribution >= 4 is 15.9 Å². The van der Waals surface area contributed by atoms with Crippen LogP contribution in [0.4, 0.5) is 35.1 Å². The Hall–Kier alpha value is -1.79. The third-order valence-corrected chi connectivity index (χ3v) is 4.63. The van der Waals surface area contributed by atoms with E-state index in [4.69, 9.17) is 0 Å². The van der Waals surface area contributed by atoms with Gasteiger partial charge in [0.25, 0.3) is 0 Å². The van der Waals surface area contributed by atoms with E-state index in [0.717, 1.165) is 13.1 Å². The molecule has 3 rings (SSSR count). The Balaban J connectivity index is 2.22. The summed E-state index contributed by atoms with van der Waals surface area (Å²) < 4.78 is 105. The number of halogens is 9. The second kappa shape index (κ2) is 6.11. The molecule has 0 aliphatic heterocycles. The maximum atomic E-state index is 13.8. The van der Waals surface area contributed by atoms with Crippen molar-refractivity contribution in [2.24, 2.45) is 7.05 Å². The number of aromatic nitrogens is 4. The van der Waals surface area contributed by atoms with Gasteiger partial charge in [-0.1, -0.05) is 0 Å². The molecule has 0 unspecified atom stereocenters. The van der Waals surface area contributed by atoms with E-state index in [2.05, 4.69) is 31.0 Å². The van der Waals surface area contributed by atoms with Crippen molar-refractivity contribution in [3.05, 3.63) is 27.8 Å². The first-order valence-corrected chi connectivity index (χ1v) is 8.17. The van der Waals surface area contributed by atoms with Crippen LogP contribution in [0.5, 0.6) is 0 Å². The maximum absolute atomic E-state index is 13.8. The summed E-state index contributed by atoms with van der Waals surface area (Å²) in [7, 11) is 1.09. The molecule has 4 nitrogen and oxygen atoms in total. The molecule has 0 aromatic carbocycles. The molecule has 2 aromatic rings. The normalized spacial score (nSPS) is 16.1. The first kappa shape index (κ1) is 20.0. The lowest BCUT2D eigenvalue weighted by Crippen LogP contribution is -2.36. The molecule has 0 radical (unpaired) electrons. The molecule has 13 heteroatoms. The highest BCUT2D eigenvalue weighted by Crippen LogP contribution is 2.46. The van der Waals surface area contributed by atoms with Crippen molar-refractivity contribution in [3.8, 4) is 11.4 Å². The maximum Gasteiger partial charge on any atom is 0.461 e. The van der Waals surface area contributed by atoms with E-state index in [-0.39, 0.29) is 17.3 Å². The van der Waals surface area contributed by atoms with Crippen LogP contribution in [0.15, 0.2) is 10.5 Å². The van der Waals surface area contributed by atoms with Gasteiger partial charge < -0.3 is 0 Å². The van der Waals surface area contributed by atoms with Crippen molar-refractivity contribution < 1.29 is 35.1 Å². The van der Waals surface area contributed by atoms with Crippen LogP contribution in [-0.4, -0.2) is 25.9 Å². The van der Waals surface area contributed by atoms with Gasteiger partial charge in [-0.15, -0.1) is 0 Å². The highest BCUT2D eigenvalue weighted by Gasteiger charge is 2.61. The van der Waals surface area contributed by atoms with Crippen LogP contribution in [0.3, 0.4) is 0 Å². The molecule has 2 heterocycles. The molecule has 1 fully saturated rings. The van der Waals surface area contributed by atoms with Gasteiger partial charge in [0.05, 0.1) is 10.2 Å². The first-order valence-electron chi connectivity index (χ1n) is 7.37. The Morgan fingerprint density at radius 2 is 1.63 bits per heavy atom. The van der Waals surface area contributed by atoms with E-state index < -0.39 is 40.0 Å². The van der Waals surface area contributed by atoms with Crippen molar-refractivity contribution in [2.45, 2.75) is 37.0 Å². The van der Waals surface area contributed by atoms with Crippen molar-refractivity contribution in [2.75, 3.05) is 0 Å². The second-order valence-electron chi connectivity index (χ2n) is 5.98. The number of aryl methyl sites for hydroxylation is 1. The Bertz CT molecular complexity index is 882. The topological polar surface area (TPSA) is 43.6 Å². The smallest absolute Gasteiger partial charge is 0.265 e. The summed E-state index contributed by atoms with van der Waals surface area (Å²) in [5, 5.41) is 3.26. The summed E-state index contributed by atoms with van der Waals surface area (Å²) in [6.45, 7) is 0. The second-order valence-corrected chi connectivity index (χ2v) is 6.77. The number of hydrogen-bond acceptors (Lipinski definition) is 3. The highest BCUT2D eigenvalue weighted by molar-refractivity contribution is 9.10. The Morgan fingerprint density at radius 1 is 1.04 bits per heavy atom. The molecule has 2 aromatic heterocycles. The molecule has 0 atom stereocenters. The molecule has 0 saturated heterocycles. The van der Waals surface area contributed by atoms with Crippen LogP contribution >= 0.6 is 15.9 Å². The van der Waals surface area contributed by atoms with E-state index in [9.17, 15) is 35.1 Å². The quantitative estimate of drug-likeness (QED) is 0.587. The number of rotatable bonds is 3. The van der Waals surface area contributed by atoms with E-state index in [1.165, 1.54) is 0 Å². The predicted octanol–water partition coefficient (Wildman–Crippen LogP) is 5.19. The van der Waals surface area contributed by atoms with Crippen LogP contribution in [0.25, 0.3) is 11.4 Å². The SMILES string of the molecule is Cn1nc(C(F)(F)F)c(Br)c1-c1cc(C2CC2)nc(C(F)(F)C(F)(F)F)n1. The van der Waals surface area contributed by atoms with Crippen molar-refractivity contribution in [1.29, 1.82) is 0 Å². The van der Waals surface area contributed by atoms with Gasteiger partial charge in [-0.2, -0.15) is 40.2 Å². The molecule has 0 amide bonds. The van der Waals surface area contributed by atoms with Crippen LogP contribution in [-0.2, 0) is 19.1 Å². The minimum Gasteiger partial charge on any atom is -0.265 e. The number of nitrogens with zero attached hydrogens (tertiary/aromatic N) is 4. The van der Waals surface area contributed by atoms with Gasteiger partial charge in [0.15, 0.2) is 5.69 Å². The van der Waals surface area contributed by atoms with Crippen molar-refractivity contribution in [3.63, 3.8) is 0 Å². The lowest BCUT2D eigenvalue weighted by atomic mass is 10.1. The summed E-state index contributed by atoms with van der Waals surface area (Å²) >= 11 is 2.69. The zero-order valence-electron chi connectivity index (χ0n) is 13.3. The third-order valence-electron chi connectivity index (χ3n) is 3.88. The van der Waals surface area contributed by atoms with E-state index in [1.54, 1.807) is 0 Å². The fourth-order valence-electron chi connectivity index (χ4n) is 2.40. The largest absolute Gasteiger partial charge is 0.461 e. The molecule has 1 saturated carbocycles. The Kier molecular flexibility index (Phi) is 4.51. The van der Waals surface area contributed by atoms with E-state index in [0.29, 0.717) is 17.5 Å². The van der Waals surface area contributed by atoms with E-state index >= 15 is 0 Å². The molecule has 1 aliphatic rings. The average molecular weight is 465 g/mol. The van der Waals surface area contributed by atoms with Gasteiger partial charge in [0.2, 0.25) is 5.82 Å². The first-order chi connectivity index (χ1) is 12.2. The lowest BCUT2D eigenvalue weighted by molar-refractivity contribution is -0.292. The van der Waals surface area contributed by atoms with Gasteiger partial charge >= 0.3 is 18.3 Å². The summed E-state index contributed by atoms with van der Waals surface area (Å²) in [6, 6.07) is 1.11. The van der Waals surface area contributed by atoms with E-state index in [1.807, 2.05) is 0 Å². The number of alkyl halides is 8. The highest BCUT2D eigenvalue weighted by atomic mass is 79.9. The molecular formula is C14H9BrF8N4. The molecule has 0 bridgehead atoms. The zero-order valence-corrected chi connectivity index (χ0v) is 14.8. The lowest BCUT2D eigenvalue weighted by Gasteiger charge is -2.19. The van der Waals surface area contributed by atoms with Crippen LogP contribution in [0, 0.1) is 0 Å². The Labute approximate surface area is 154 Å². The summed E-state index contributed by atoms with van der Waals surface area (Å²) in [5.74, 6) is -7.51. The monoisotopic (exact) mass is 464 g/mol. The average Bonchev–Trinajstić information content (AvgIpc) is 3.30. The standard InChI is InChI=1S/C14H9BrF8N4/c1-27-9(8(15)10(26-27)13(18,19)20)7-4-6(5-2-3-5)24-11(25-7)12(16,17)14(21,22)23/h4-5H,2-3H2,1H3. The third kappa shape index (κ3) is 3.52. The minimum absolute atomic E-state index is 0.0828. The number of hydrogen-bond donors (Lipinski definition) is 0.